The number of aromatic nitrogens is 1. The fraction of sp³-hybridized carbons (Fsp3) is 0.103. The van der Waals surface area contributed by atoms with Crippen LogP contribution in [-0.2, 0) is 17.8 Å². The van der Waals surface area contributed by atoms with Crippen molar-refractivity contribution in [1.29, 1.82) is 0 Å². The number of fused-ring (bicyclic) bond motifs is 1. The number of rotatable bonds is 7. The van der Waals surface area contributed by atoms with Gasteiger partial charge in [0.05, 0.1) is 30.3 Å². The number of anilines is 1. The molecule has 0 saturated heterocycles. The van der Waals surface area contributed by atoms with Crippen LogP contribution in [-0.4, -0.2) is 18.0 Å². The molecule has 0 radical (unpaired) electrons. The van der Waals surface area contributed by atoms with Gasteiger partial charge in [-0.3, -0.25) is 9.69 Å². The summed E-state index contributed by atoms with van der Waals surface area (Å²) in [6, 6.07) is 34.3. The van der Waals surface area contributed by atoms with Crippen LogP contribution in [0.1, 0.15) is 11.1 Å². The minimum absolute atomic E-state index is 0.0161. The summed E-state index contributed by atoms with van der Waals surface area (Å²) in [5, 5.41) is 0.693. The summed E-state index contributed by atoms with van der Waals surface area (Å²) in [6.45, 7) is 0.471. The zero-order valence-corrected chi connectivity index (χ0v) is 19.7. The molecule has 0 saturated carbocycles. The Labute approximate surface area is 203 Å². The van der Waals surface area contributed by atoms with Crippen molar-refractivity contribution in [3.8, 4) is 16.9 Å². The number of carbonyl (C=O) groups is 1. The number of nitrogens with zero attached hydrogens (tertiary/aromatic N) is 2. The second kappa shape index (κ2) is 9.89. The van der Waals surface area contributed by atoms with Gasteiger partial charge in [0.25, 0.3) is 0 Å². The third-order valence-corrected chi connectivity index (χ3v) is 6.77. The molecule has 4 nitrogen and oxygen atoms in total. The van der Waals surface area contributed by atoms with E-state index in [4.69, 9.17) is 9.72 Å². The summed E-state index contributed by atoms with van der Waals surface area (Å²) in [4.78, 5) is 20.1. The third kappa shape index (κ3) is 4.85. The van der Waals surface area contributed by atoms with Crippen LogP contribution in [0.15, 0.2) is 103 Å². The van der Waals surface area contributed by atoms with Crippen LogP contribution < -0.4 is 9.64 Å². The summed E-state index contributed by atoms with van der Waals surface area (Å²) in [7, 11) is 1.64. The lowest BCUT2D eigenvalue weighted by molar-refractivity contribution is -0.118. The van der Waals surface area contributed by atoms with Crippen molar-refractivity contribution in [1.82, 2.24) is 4.98 Å². The molecule has 0 spiro atoms. The van der Waals surface area contributed by atoms with Gasteiger partial charge in [-0.2, -0.15) is 0 Å². The molecule has 0 aliphatic carbocycles. The summed E-state index contributed by atoms with van der Waals surface area (Å²) in [5.74, 6) is 0.770. The van der Waals surface area contributed by atoms with E-state index in [1.807, 2.05) is 78.9 Å². The average Bonchev–Trinajstić information content (AvgIpc) is 3.31. The van der Waals surface area contributed by atoms with Gasteiger partial charge in [-0.1, -0.05) is 96.3 Å². The Hall–Kier alpha value is -3.96. The zero-order valence-electron chi connectivity index (χ0n) is 18.8. The van der Waals surface area contributed by atoms with Crippen molar-refractivity contribution in [3.63, 3.8) is 0 Å². The molecule has 0 bridgehead atoms. The van der Waals surface area contributed by atoms with Gasteiger partial charge in [-0.05, 0) is 34.4 Å². The Balaban J connectivity index is 1.42. The van der Waals surface area contributed by atoms with Crippen LogP contribution in [0, 0.1) is 0 Å². The van der Waals surface area contributed by atoms with Crippen LogP contribution in [0.25, 0.3) is 21.3 Å². The maximum absolute atomic E-state index is 13.5. The molecule has 0 aliphatic rings. The van der Waals surface area contributed by atoms with Gasteiger partial charge >= 0.3 is 0 Å². The Kier molecular flexibility index (Phi) is 6.36. The van der Waals surface area contributed by atoms with E-state index in [0.29, 0.717) is 18.1 Å². The topological polar surface area (TPSA) is 42.4 Å². The van der Waals surface area contributed by atoms with Gasteiger partial charge in [0.1, 0.15) is 5.75 Å². The molecule has 0 unspecified atom stereocenters. The summed E-state index contributed by atoms with van der Waals surface area (Å²) in [5.41, 5.74) is 5.17. The number of ether oxygens (including phenoxy) is 1. The maximum atomic E-state index is 13.5. The predicted molar refractivity (Wildman–Crippen MR) is 139 cm³/mol. The van der Waals surface area contributed by atoms with Crippen LogP contribution in [0.2, 0.25) is 0 Å². The van der Waals surface area contributed by atoms with E-state index in [0.717, 1.165) is 38.2 Å². The van der Waals surface area contributed by atoms with Crippen LogP contribution >= 0.6 is 11.3 Å². The molecule has 5 heteroatoms. The Morgan fingerprint density at radius 2 is 1.50 bits per heavy atom. The molecular formula is C29H24N2O2S. The molecular weight excluding hydrogens is 440 g/mol. The Morgan fingerprint density at radius 3 is 2.21 bits per heavy atom. The van der Waals surface area contributed by atoms with Gasteiger partial charge in [0.15, 0.2) is 5.13 Å². The van der Waals surface area contributed by atoms with Gasteiger partial charge in [-0.25, -0.2) is 4.98 Å². The minimum Gasteiger partial charge on any atom is -0.497 e. The fourth-order valence-corrected chi connectivity index (χ4v) is 4.84. The first-order chi connectivity index (χ1) is 16.7. The summed E-state index contributed by atoms with van der Waals surface area (Å²) >= 11 is 1.52. The highest BCUT2D eigenvalue weighted by Gasteiger charge is 2.21. The molecule has 4 aromatic carbocycles. The SMILES string of the molecule is COc1ccc2sc(N(Cc3ccccc3)C(=O)Cc3ccc(-c4ccccc4)cc3)nc2c1. The van der Waals surface area contributed by atoms with E-state index in [1.165, 1.54) is 11.3 Å². The van der Waals surface area contributed by atoms with Crippen LogP contribution in [0.3, 0.4) is 0 Å². The van der Waals surface area contributed by atoms with Crippen molar-refractivity contribution in [2.45, 2.75) is 13.0 Å². The highest BCUT2D eigenvalue weighted by molar-refractivity contribution is 7.22. The highest BCUT2D eigenvalue weighted by atomic mass is 32.1. The van der Waals surface area contributed by atoms with Crippen molar-refractivity contribution in [2.24, 2.45) is 0 Å². The highest BCUT2D eigenvalue weighted by Crippen LogP contribution is 2.32. The van der Waals surface area contributed by atoms with Crippen molar-refractivity contribution in [2.75, 3.05) is 12.0 Å². The second-order valence-electron chi connectivity index (χ2n) is 8.04. The standard InChI is InChI=1S/C29H24N2O2S/c1-33-25-16-17-27-26(19-25)30-29(34-27)31(20-22-8-4-2-5-9-22)28(32)18-21-12-14-24(15-13-21)23-10-6-3-7-11-23/h2-17,19H,18,20H2,1H3. The molecule has 0 aliphatic heterocycles. The molecule has 1 aromatic heterocycles. The van der Waals surface area contributed by atoms with E-state index in [9.17, 15) is 4.79 Å². The van der Waals surface area contributed by atoms with Gasteiger partial charge in [-0.15, -0.1) is 0 Å². The quantitative estimate of drug-likeness (QED) is 0.268. The van der Waals surface area contributed by atoms with Crippen molar-refractivity contribution in [3.05, 3.63) is 114 Å². The molecule has 5 rings (SSSR count). The summed E-state index contributed by atoms with van der Waals surface area (Å²) in [6.07, 6.45) is 0.307. The average molecular weight is 465 g/mol. The molecule has 34 heavy (non-hydrogen) atoms. The summed E-state index contributed by atoms with van der Waals surface area (Å²) < 4.78 is 6.36. The molecule has 0 atom stereocenters. The van der Waals surface area contributed by atoms with E-state index in [2.05, 4.69) is 24.3 Å². The van der Waals surface area contributed by atoms with Crippen molar-refractivity contribution < 1.29 is 9.53 Å². The lowest BCUT2D eigenvalue weighted by atomic mass is 10.0. The van der Waals surface area contributed by atoms with Gasteiger partial charge in [0.2, 0.25) is 5.91 Å². The fourth-order valence-electron chi connectivity index (χ4n) is 3.88. The lowest BCUT2D eigenvalue weighted by Gasteiger charge is -2.20. The Bertz CT molecular complexity index is 1400. The first-order valence-electron chi connectivity index (χ1n) is 11.1. The third-order valence-electron chi connectivity index (χ3n) is 5.72. The van der Waals surface area contributed by atoms with Crippen LogP contribution in [0.5, 0.6) is 5.75 Å². The molecule has 0 N–H and O–H groups in total. The molecule has 168 valence electrons. The predicted octanol–water partition coefficient (Wildman–Crippen LogP) is 6.75. The lowest BCUT2D eigenvalue weighted by Crippen LogP contribution is -2.31. The molecule has 0 fully saturated rings. The smallest absolute Gasteiger partial charge is 0.233 e. The number of amides is 1. The number of thiazole rings is 1. The number of hydrogen-bond donors (Lipinski definition) is 0. The van der Waals surface area contributed by atoms with Gasteiger partial charge in [0, 0.05) is 6.07 Å². The van der Waals surface area contributed by atoms with E-state index < -0.39 is 0 Å². The number of hydrogen-bond acceptors (Lipinski definition) is 4. The Morgan fingerprint density at radius 1 is 0.824 bits per heavy atom. The van der Waals surface area contributed by atoms with E-state index in [-0.39, 0.29) is 5.91 Å². The normalized spacial score (nSPS) is 10.9. The molecule has 1 amide bonds. The molecule has 5 aromatic rings. The second-order valence-corrected chi connectivity index (χ2v) is 9.04. The number of carbonyl (C=O) groups excluding carboxylic acids is 1. The largest absolute Gasteiger partial charge is 0.497 e. The van der Waals surface area contributed by atoms with E-state index in [1.54, 1.807) is 12.0 Å². The zero-order chi connectivity index (χ0) is 23.3. The maximum Gasteiger partial charge on any atom is 0.233 e. The van der Waals surface area contributed by atoms with Crippen LogP contribution in [0.4, 0.5) is 5.13 Å². The van der Waals surface area contributed by atoms with Gasteiger partial charge < -0.3 is 4.74 Å². The van der Waals surface area contributed by atoms with Crippen molar-refractivity contribution >= 4 is 32.6 Å². The monoisotopic (exact) mass is 464 g/mol. The molecule has 1 heterocycles. The number of benzene rings is 4. The first kappa shape index (κ1) is 21.9. The van der Waals surface area contributed by atoms with E-state index >= 15 is 0 Å². The first-order valence-corrected chi connectivity index (χ1v) is 11.9. The minimum atomic E-state index is 0.0161. The number of methoxy groups -OCH3 is 1.